The molecule has 2 fully saturated rings. The van der Waals surface area contributed by atoms with Crippen molar-refractivity contribution in [2.75, 3.05) is 57.4 Å². The van der Waals surface area contributed by atoms with E-state index in [-0.39, 0.29) is 11.9 Å². The van der Waals surface area contributed by atoms with Crippen molar-refractivity contribution >= 4 is 11.6 Å². The van der Waals surface area contributed by atoms with Gasteiger partial charge in [0.25, 0.3) is 0 Å². The van der Waals surface area contributed by atoms with Crippen LogP contribution >= 0.6 is 0 Å². The number of hydrogen-bond donors (Lipinski definition) is 0. The summed E-state index contributed by atoms with van der Waals surface area (Å²) in [5, 5.41) is 0. The van der Waals surface area contributed by atoms with Crippen LogP contribution in [0.4, 0.5) is 5.69 Å². The van der Waals surface area contributed by atoms with E-state index in [4.69, 9.17) is 4.74 Å². The van der Waals surface area contributed by atoms with E-state index in [9.17, 15) is 4.79 Å². The molecular formula is C22H28N4O2. The van der Waals surface area contributed by atoms with Gasteiger partial charge in [-0.1, -0.05) is 24.3 Å². The minimum atomic E-state index is -0.277. The average Bonchev–Trinajstić information content (AvgIpc) is 3.02. The summed E-state index contributed by atoms with van der Waals surface area (Å²) in [6.45, 7) is 6.27. The van der Waals surface area contributed by atoms with Crippen LogP contribution in [-0.2, 0) is 9.53 Å². The Kier molecular flexibility index (Phi) is 6.19. The molecule has 0 spiro atoms. The van der Waals surface area contributed by atoms with Crippen LogP contribution in [0.2, 0.25) is 0 Å². The fourth-order valence-electron chi connectivity index (χ4n) is 4.09. The van der Waals surface area contributed by atoms with E-state index < -0.39 is 0 Å². The van der Waals surface area contributed by atoms with Crippen LogP contribution < -0.4 is 4.90 Å². The Hall–Kier alpha value is -2.44. The second kappa shape index (κ2) is 9.17. The van der Waals surface area contributed by atoms with E-state index in [1.807, 2.05) is 29.3 Å². The zero-order valence-electron chi connectivity index (χ0n) is 16.2. The van der Waals surface area contributed by atoms with Gasteiger partial charge in [0.2, 0.25) is 5.91 Å². The van der Waals surface area contributed by atoms with Crippen molar-refractivity contribution in [1.29, 1.82) is 0 Å². The molecule has 2 aliphatic heterocycles. The first-order valence-corrected chi connectivity index (χ1v) is 10.1. The first kappa shape index (κ1) is 18.9. The lowest BCUT2D eigenvalue weighted by molar-refractivity contribution is -0.139. The summed E-state index contributed by atoms with van der Waals surface area (Å²) >= 11 is 0. The summed E-state index contributed by atoms with van der Waals surface area (Å²) in [4.78, 5) is 24.5. The molecular weight excluding hydrogens is 352 g/mol. The second-order valence-corrected chi connectivity index (χ2v) is 7.34. The van der Waals surface area contributed by atoms with Gasteiger partial charge in [0.1, 0.15) is 6.04 Å². The molecule has 0 N–H and O–H groups in total. The number of pyridine rings is 1. The quantitative estimate of drug-likeness (QED) is 0.814. The van der Waals surface area contributed by atoms with Gasteiger partial charge in [0, 0.05) is 57.3 Å². The summed E-state index contributed by atoms with van der Waals surface area (Å²) in [6, 6.07) is 14.1. The molecule has 0 radical (unpaired) electrons. The molecule has 4 rings (SSSR count). The molecule has 1 aromatic carbocycles. The van der Waals surface area contributed by atoms with Crippen LogP contribution in [0.15, 0.2) is 54.9 Å². The number of morpholine rings is 1. The third-order valence-corrected chi connectivity index (χ3v) is 5.57. The maximum absolute atomic E-state index is 13.6. The van der Waals surface area contributed by atoms with Crippen molar-refractivity contribution in [1.82, 2.24) is 14.8 Å². The van der Waals surface area contributed by atoms with Gasteiger partial charge in [-0.15, -0.1) is 0 Å². The summed E-state index contributed by atoms with van der Waals surface area (Å²) in [5.74, 6) is 0.185. The van der Waals surface area contributed by atoms with Crippen molar-refractivity contribution in [3.63, 3.8) is 0 Å². The molecule has 1 aromatic heterocycles. The highest BCUT2D eigenvalue weighted by Gasteiger charge is 2.33. The topological polar surface area (TPSA) is 48.9 Å². The summed E-state index contributed by atoms with van der Waals surface area (Å²) in [6.07, 6.45) is 4.56. The molecule has 1 amide bonds. The maximum atomic E-state index is 13.6. The van der Waals surface area contributed by atoms with Crippen molar-refractivity contribution < 1.29 is 9.53 Å². The average molecular weight is 380 g/mol. The monoisotopic (exact) mass is 380 g/mol. The van der Waals surface area contributed by atoms with Gasteiger partial charge in [-0.2, -0.15) is 0 Å². The van der Waals surface area contributed by atoms with Crippen LogP contribution in [-0.4, -0.2) is 73.2 Å². The van der Waals surface area contributed by atoms with E-state index in [1.54, 1.807) is 6.20 Å². The standard InChI is InChI=1S/C22H28N4O2/c27-22(21(19-6-4-9-23-18-19)25-14-16-28-17-15-25)26-11-5-10-24(12-13-26)20-7-2-1-3-8-20/h1-4,6-9,18,21H,5,10-17H2. The van der Waals surface area contributed by atoms with E-state index in [0.29, 0.717) is 13.2 Å². The predicted octanol–water partition coefficient (Wildman–Crippen LogP) is 2.19. The zero-order chi connectivity index (χ0) is 19.2. The Morgan fingerprint density at radius 3 is 2.50 bits per heavy atom. The van der Waals surface area contributed by atoms with Gasteiger partial charge in [0.15, 0.2) is 0 Å². The summed E-state index contributed by atoms with van der Waals surface area (Å²) in [5.41, 5.74) is 2.20. The largest absolute Gasteiger partial charge is 0.379 e. The predicted molar refractivity (Wildman–Crippen MR) is 109 cm³/mol. The lowest BCUT2D eigenvalue weighted by Gasteiger charge is -2.36. The molecule has 0 saturated carbocycles. The first-order valence-electron chi connectivity index (χ1n) is 10.1. The number of rotatable bonds is 4. The number of ether oxygens (including phenoxy) is 1. The van der Waals surface area contributed by atoms with Crippen molar-refractivity contribution in [3.05, 3.63) is 60.4 Å². The van der Waals surface area contributed by atoms with Crippen LogP contribution in [0, 0.1) is 0 Å². The Bertz CT molecular complexity index is 750. The van der Waals surface area contributed by atoms with Crippen LogP contribution in [0.5, 0.6) is 0 Å². The summed E-state index contributed by atoms with van der Waals surface area (Å²) < 4.78 is 5.51. The molecule has 2 saturated heterocycles. The second-order valence-electron chi connectivity index (χ2n) is 7.34. The highest BCUT2D eigenvalue weighted by atomic mass is 16.5. The van der Waals surface area contributed by atoms with Gasteiger partial charge in [0.05, 0.1) is 13.2 Å². The minimum absolute atomic E-state index is 0.185. The van der Waals surface area contributed by atoms with Gasteiger partial charge < -0.3 is 14.5 Å². The smallest absolute Gasteiger partial charge is 0.244 e. The van der Waals surface area contributed by atoms with Crippen LogP contribution in [0.25, 0.3) is 0 Å². The van der Waals surface area contributed by atoms with Crippen LogP contribution in [0.1, 0.15) is 18.0 Å². The third-order valence-electron chi connectivity index (χ3n) is 5.57. The van der Waals surface area contributed by atoms with E-state index in [0.717, 1.165) is 51.3 Å². The molecule has 0 aliphatic carbocycles. The lowest BCUT2D eigenvalue weighted by Crippen LogP contribution is -2.48. The van der Waals surface area contributed by atoms with E-state index in [1.165, 1.54) is 5.69 Å². The van der Waals surface area contributed by atoms with Crippen molar-refractivity contribution in [2.45, 2.75) is 12.5 Å². The summed E-state index contributed by atoms with van der Waals surface area (Å²) in [7, 11) is 0. The van der Waals surface area contributed by atoms with Crippen molar-refractivity contribution in [3.8, 4) is 0 Å². The molecule has 2 aliphatic rings. The van der Waals surface area contributed by atoms with Gasteiger partial charge in [-0.25, -0.2) is 0 Å². The number of anilines is 1. The highest BCUT2D eigenvalue weighted by molar-refractivity contribution is 5.83. The molecule has 6 nitrogen and oxygen atoms in total. The number of amides is 1. The van der Waals surface area contributed by atoms with Gasteiger partial charge >= 0.3 is 0 Å². The van der Waals surface area contributed by atoms with Crippen molar-refractivity contribution in [2.24, 2.45) is 0 Å². The molecule has 0 bridgehead atoms. The van der Waals surface area contributed by atoms with Gasteiger partial charge in [-0.05, 0) is 30.2 Å². The molecule has 3 heterocycles. The van der Waals surface area contributed by atoms with E-state index >= 15 is 0 Å². The normalized spacial score (nSPS) is 19.9. The Morgan fingerprint density at radius 2 is 1.75 bits per heavy atom. The number of hydrogen-bond acceptors (Lipinski definition) is 5. The minimum Gasteiger partial charge on any atom is -0.379 e. The number of carbonyl (C=O) groups excluding carboxylic acids is 1. The lowest BCUT2D eigenvalue weighted by atomic mass is 10.0. The van der Waals surface area contributed by atoms with E-state index in [2.05, 4.69) is 39.0 Å². The first-order chi connectivity index (χ1) is 13.8. The molecule has 28 heavy (non-hydrogen) atoms. The Morgan fingerprint density at radius 1 is 0.929 bits per heavy atom. The SMILES string of the molecule is O=C(C(c1cccnc1)N1CCOCC1)N1CCCN(c2ccccc2)CC1. The maximum Gasteiger partial charge on any atom is 0.244 e. The van der Waals surface area contributed by atoms with Crippen LogP contribution in [0.3, 0.4) is 0 Å². The van der Waals surface area contributed by atoms with Gasteiger partial charge in [-0.3, -0.25) is 14.7 Å². The fraction of sp³-hybridized carbons (Fsp3) is 0.455. The zero-order valence-corrected chi connectivity index (χ0v) is 16.2. The molecule has 1 atom stereocenters. The molecule has 6 heteroatoms. The molecule has 2 aromatic rings. The number of para-hydroxylation sites is 1. The highest BCUT2D eigenvalue weighted by Crippen LogP contribution is 2.25. The Balaban J connectivity index is 1.50. The third kappa shape index (κ3) is 4.34. The molecule has 148 valence electrons. The number of aromatic nitrogens is 1. The Labute approximate surface area is 166 Å². The number of nitrogens with zero attached hydrogens (tertiary/aromatic N) is 4. The molecule has 1 unspecified atom stereocenters. The number of benzene rings is 1. The number of carbonyl (C=O) groups is 1. The fourth-order valence-corrected chi connectivity index (χ4v) is 4.09.